The van der Waals surface area contributed by atoms with E-state index in [2.05, 4.69) is 0 Å². The first-order valence-corrected chi connectivity index (χ1v) is 10.8. The van der Waals surface area contributed by atoms with E-state index in [1.54, 1.807) is 12.1 Å². The molecule has 0 spiro atoms. The van der Waals surface area contributed by atoms with Crippen LogP contribution in [-0.2, 0) is 19.8 Å². The number of halogens is 1. The highest BCUT2D eigenvalue weighted by Gasteiger charge is 2.65. The largest absolute Gasteiger partial charge is 0.394 e. The van der Waals surface area contributed by atoms with E-state index >= 15 is 0 Å². The first-order valence-electron chi connectivity index (χ1n) is 10.4. The van der Waals surface area contributed by atoms with Crippen molar-refractivity contribution in [2.75, 3.05) is 19.8 Å². The van der Waals surface area contributed by atoms with Gasteiger partial charge in [-0.05, 0) is 23.1 Å². The lowest BCUT2D eigenvalue weighted by atomic mass is 9.80. The van der Waals surface area contributed by atoms with E-state index in [9.17, 15) is 25.5 Å². The molecule has 0 amide bonds. The number of aliphatic hydroxyl groups is 5. The van der Waals surface area contributed by atoms with E-state index in [0.717, 1.165) is 17.5 Å². The molecular weight excluding hydrogens is 440 g/mol. The lowest BCUT2D eigenvalue weighted by Crippen LogP contribution is -2.70. The van der Waals surface area contributed by atoms with Crippen molar-refractivity contribution in [2.24, 2.45) is 0 Å². The smallest absolute Gasteiger partial charge is 0.205 e. The maximum Gasteiger partial charge on any atom is 0.205 e. The Morgan fingerprint density at radius 3 is 2.28 bits per heavy atom. The molecule has 2 aromatic carbocycles. The van der Waals surface area contributed by atoms with Gasteiger partial charge in [0.15, 0.2) is 11.9 Å². The predicted molar refractivity (Wildman–Crippen MR) is 114 cm³/mol. The SMILES string of the molecule is OCC1OC(O)C(O)(c2ccc(C(O[C@H]3CCOC3)c3ccccc3)cc2)C(O)(Cl)C1O. The molecule has 2 fully saturated rings. The number of hydrogen-bond acceptors (Lipinski definition) is 8. The van der Waals surface area contributed by atoms with Gasteiger partial charge in [0.05, 0.1) is 19.3 Å². The molecule has 0 aromatic heterocycles. The molecule has 5 N–H and O–H groups in total. The molecule has 2 aromatic rings. The van der Waals surface area contributed by atoms with Gasteiger partial charge in [0.1, 0.15) is 18.3 Å². The average molecular weight is 467 g/mol. The second-order valence-electron chi connectivity index (χ2n) is 8.13. The van der Waals surface area contributed by atoms with Gasteiger partial charge in [-0.15, -0.1) is 0 Å². The van der Waals surface area contributed by atoms with E-state index < -0.39 is 41.9 Å². The zero-order valence-corrected chi connectivity index (χ0v) is 18.0. The quantitative estimate of drug-likeness (QED) is 0.395. The average Bonchev–Trinajstić information content (AvgIpc) is 3.33. The Bertz CT molecular complexity index is 887. The van der Waals surface area contributed by atoms with E-state index in [1.165, 1.54) is 12.1 Å². The van der Waals surface area contributed by atoms with Crippen molar-refractivity contribution in [2.45, 2.75) is 47.8 Å². The summed E-state index contributed by atoms with van der Waals surface area (Å²) in [5, 5.41) is 49.2. The zero-order valence-electron chi connectivity index (χ0n) is 17.3. The molecule has 2 saturated heterocycles. The zero-order chi connectivity index (χ0) is 22.9. The Morgan fingerprint density at radius 1 is 1.03 bits per heavy atom. The van der Waals surface area contributed by atoms with Crippen LogP contribution in [0.1, 0.15) is 29.2 Å². The van der Waals surface area contributed by atoms with Crippen LogP contribution in [0, 0.1) is 0 Å². The van der Waals surface area contributed by atoms with E-state index in [0.29, 0.717) is 13.2 Å². The van der Waals surface area contributed by atoms with Crippen LogP contribution < -0.4 is 0 Å². The van der Waals surface area contributed by atoms with Crippen molar-refractivity contribution < 1.29 is 39.7 Å². The second-order valence-corrected chi connectivity index (χ2v) is 8.70. The molecule has 6 unspecified atom stereocenters. The number of alkyl halides is 1. The van der Waals surface area contributed by atoms with Gasteiger partial charge in [0.25, 0.3) is 0 Å². The third-order valence-electron chi connectivity index (χ3n) is 6.09. The van der Waals surface area contributed by atoms with Gasteiger partial charge >= 0.3 is 0 Å². The molecular formula is C23H27ClO8. The van der Waals surface area contributed by atoms with Crippen LogP contribution >= 0.6 is 11.6 Å². The number of aliphatic hydroxyl groups excluding tert-OH is 3. The predicted octanol–water partition coefficient (Wildman–Crippen LogP) is 0.767. The van der Waals surface area contributed by atoms with Crippen LogP contribution in [0.4, 0.5) is 0 Å². The van der Waals surface area contributed by atoms with Crippen molar-refractivity contribution in [1.82, 2.24) is 0 Å². The summed E-state index contributed by atoms with van der Waals surface area (Å²) in [5.41, 5.74) is -0.825. The van der Waals surface area contributed by atoms with Gasteiger partial charge in [0, 0.05) is 6.61 Å². The van der Waals surface area contributed by atoms with Crippen LogP contribution in [0.15, 0.2) is 54.6 Å². The molecule has 174 valence electrons. The monoisotopic (exact) mass is 466 g/mol. The fraction of sp³-hybridized carbons (Fsp3) is 0.478. The summed E-state index contributed by atoms with van der Waals surface area (Å²) >= 11 is 6.11. The second kappa shape index (κ2) is 9.34. The third kappa shape index (κ3) is 4.07. The van der Waals surface area contributed by atoms with Crippen LogP contribution in [0.5, 0.6) is 0 Å². The van der Waals surface area contributed by atoms with Crippen molar-refractivity contribution in [3.8, 4) is 0 Å². The highest BCUT2D eigenvalue weighted by molar-refractivity contribution is 6.24. The summed E-state index contributed by atoms with van der Waals surface area (Å²) in [4.78, 5) is 0. The summed E-state index contributed by atoms with van der Waals surface area (Å²) in [7, 11) is 0. The Labute approximate surface area is 190 Å². The summed E-state index contributed by atoms with van der Waals surface area (Å²) in [5.74, 6) is 0. The van der Waals surface area contributed by atoms with Crippen molar-refractivity contribution >= 4 is 11.6 Å². The number of rotatable bonds is 6. The fourth-order valence-corrected chi connectivity index (χ4v) is 4.52. The van der Waals surface area contributed by atoms with Gasteiger partial charge in [-0.1, -0.05) is 66.2 Å². The van der Waals surface area contributed by atoms with Gasteiger partial charge in [-0.2, -0.15) is 0 Å². The topological polar surface area (TPSA) is 129 Å². The summed E-state index contributed by atoms with van der Waals surface area (Å²) in [6.45, 7) is 0.443. The molecule has 0 saturated carbocycles. The summed E-state index contributed by atoms with van der Waals surface area (Å²) < 4.78 is 16.8. The van der Waals surface area contributed by atoms with Crippen molar-refractivity contribution in [3.05, 3.63) is 71.3 Å². The number of hydrogen-bond donors (Lipinski definition) is 5. The summed E-state index contributed by atoms with van der Waals surface area (Å²) in [6, 6.07) is 16.0. The van der Waals surface area contributed by atoms with Gasteiger partial charge < -0.3 is 39.7 Å². The van der Waals surface area contributed by atoms with Crippen molar-refractivity contribution in [3.63, 3.8) is 0 Å². The molecule has 32 heavy (non-hydrogen) atoms. The highest BCUT2D eigenvalue weighted by atomic mass is 35.5. The van der Waals surface area contributed by atoms with E-state index in [4.69, 9.17) is 25.8 Å². The standard InChI is InChI=1S/C23H27ClO8/c24-23(29)20(26)18(12-25)32-21(27)22(23,28)16-8-6-15(7-9-16)19(14-4-2-1-3-5-14)31-17-10-11-30-13-17/h1-9,17-21,25-29H,10-13H2/t17-,18?,19?,20?,21?,22?,23?/m0/s1. The minimum Gasteiger partial charge on any atom is -0.394 e. The molecule has 8 nitrogen and oxygen atoms in total. The van der Waals surface area contributed by atoms with Crippen LogP contribution in [0.2, 0.25) is 0 Å². The highest BCUT2D eigenvalue weighted by Crippen LogP contribution is 2.47. The van der Waals surface area contributed by atoms with E-state index in [1.807, 2.05) is 30.3 Å². The number of benzene rings is 2. The van der Waals surface area contributed by atoms with Gasteiger partial charge in [-0.3, -0.25) is 0 Å². The van der Waals surface area contributed by atoms with Crippen LogP contribution in [-0.4, -0.2) is 75.0 Å². The number of ether oxygens (including phenoxy) is 3. The lowest BCUT2D eigenvalue weighted by Gasteiger charge is -2.50. The lowest BCUT2D eigenvalue weighted by molar-refractivity contribution is -0.348. The molecule has 4 rings (SSSR count). The minimum atomic E-state index is -2.71. The molecule has 0 aliphatic carbocycles. The Morgan fingerprint density at radius 2 is 1.69 bits per heavy atom. The maximum atomic E-state index is 11.2. The minimum absolute atomic E-state index is 0.0256. The normalized spacial score (nSPS) is 36.2. The summed E-state index contributed by atoms with van der Waals surface area (Å²) in [6.07, 6.45) is -4.89. The Kier molecular flexibility index (Phi) is 6.88. The van der Waals surface area contributed by atoms with Gasteiger partial charge in [0.2, 0.25) is 5.06 Å². The third-order valence-corrected chi connectivity index (χ3v) is 6.60. The molecule has 7 atom stereocenters. The Hall–Kier alpha value is -1.59. The first-order chi connectivity index (χ1) is 15.3. The molecule has 2 aliphatic heterocycles. The first kappa shape index (κ1) is 23.6. The van der Waals surface area contributed by atoms with Crippen molar-refractivity contribution in [1.29, 1.82) is 0 Å². The molecule has 0 bridgehead atoms. The molecule has 9 heteroatoms. The van der Waals surface area contributed by atoms with Crippen LogP contribution in [0.3, 0.4) is 0 Å². The van der Waals surface area contributed by atoms with E-state index in [-0.39, 0.29) is 11.7 Å². The molecule has 2 aliphatic rings. The molecule has 2 heterocycles. The Balaban J connectivity index is 1.66. The van der Waals surface area contributed by atoms with Gasteiger partial charge in [-0.25, -0.2) is 0 Å². The maximum absolute atomic E-state index is 11.2. The van der Waals surface area contributed by atoms with Crippen LogP contribution in [0.25, 0.3) is 0 Å². The fourth-order valence-electron chi connectivity index (χ4n) is 4.17. The molecule has 0 radical (unpaired) electrons.